The zero-order chi connectivity index (χ0) is 18.1. The Kier molecular flexibility index (Phi) is 4.10. The normalized spacial score (nSPS) is 14.7. The zero-order valence-electron chi connectivity index (χ0n) is 14.6. The molecule has 5 heterocycles. The topological polar surface area (TPSA) is 70.9 Å². The molecular weight excluding hydrogens is 358 g/mol. The molecule has 27 heavy (non-hydrogen) atoms. The summed E-state index contributed by atoms with van der Waals surface area (Å²) < 4.78 is 1.16. The Morgan fingerprint density at radius 1 is 0.815 bits per heavy atom. The molecule has 5 rings (SSSR count). The fraction of sp³-hybridized carbons (Fsp3) is 0.211. The molecule has 7 nitrogen and oxygen atoms in total. The molecule has 1 fully saturated rings. The highest BCUT2D eigenvalue weighted by Gasteiger charge is 2.21. The molecule has 0 radical (unpaired) electrons. The van der Waals surface area contributed by atoms with E-state index in [1.54, 1.807) is 30.1 Å². The van der Waals surface area contributed by atoms with E-state index < -0.39 is 0 Å². The third-order valence-corrected chi connectivity index (χ3v) is 5.65. The molecule has 0 saturated carbocycles. The van der Waals surface area contributed by atoms with Crippen LogP contribution < -0.4 is 9.80 Å². The monoisotopic (exact) mass is 375 g/mol. The lowest BCUT2D eigenvalue weighted by Crippen LogP contribution is -2.47. The molecule has 0 aromatic carbocycles. The number of hydrogen-bond donors (Lipinski definition) is 0. The Bertz CT molecular complexity index is 1040. The molecule has 8 heteroatoms. The summed E-state index contributed by atoms with van der Waals surface area (Å²) in [6.07, 6.45) is 5.18. The van der Waals surface area contributed by atoms with E-state index in [9.17, 15) is 0 Å². The molecule has 0 amide bonds. The van der Waals surface area contributed by atoms with Crippen molar-refractivity contribution in [1.82, 2.24) is 25.1 Å². The van der Waals surface area contributed by atoms with Crippen LogP contribution in [0.4, 0.5) is 11.6 Å². The number of piperazine rings is 1. The fourth-order valence-electron chi connectivity index (χ4n) is 3.32. The van der Waals surface area contributed by atoms with Gasteiger partial charge in [-0.3, -0.25) is 4.98 Å². The number of rotatable bonds is 3. The third-order valence-electron chi connectivity index (χ3n) is 4.75. The van der Waals surface area contributed by atoms with Gasteiger partial charge >= 0.3 is 0 Å². The average molecular weight is 375 g/mol. The summed E-state index contributed by atoms with van der Waals surface area (Å²) in [6, 6.07) is 9.98. The standard InChI is InChI=1S/C19H17N7S/c1-2-17(24-23-15(1)14-3-6-20-7-4-14)25-8-10-26(11-9-25)19-18-16(5-12-27-18)21-13-22-19/h1-7,12-13H,8-11H2. The number of anilines is 2. The van der Waals surface area contributed by atoms with Crippen molar-refractivity contribution in [3.63, 3.8) is 0 Å². The van der Waals surface area contributed by atoms with Gasteiger partial charge in [-0.15, -0.1) is 21.5 Å². The number of fused-ring (bicyclic) bond motifs is 1. The van der Waals surface area contributed by atoms with Crippen LogP contribution >= 0.6 is 11.3 Å². The summed E-state index contributed by atoms with van der Waals surface area (Å²) in [6.45, 7) is 3.58. The van der Waals surface area contributed by atoms with Crippen LogP contribution in [-0.2, 0) is 0 Å². The highest BCUT2D eigenvalue weighted by Crippen LogP contribution is 2.29. The first-order valence-corrected chi connectivity index (χ1v) is 9.69. The van der Waals surface area contributed by atoms with Crippen LogP contribution in [0.3, 0.4) is 0 Å². The van der Waals surface area contributed by atoms with E-state index in [0.717, 1.165) is 59.3 Å². The van der Waals surface area contributed by atoms with Gasteiger partial charge in [0.15, 0.2) is 5.82 Å². The molecule has 4 aromatic rings. The minimum absolute atomic E-state index is 0.862. The van der Waals surface area contributed by atoms with Crippen molar-refractivity contribution >= 4 is 33.2 Å². The van der Waals surface area contributed by atoms with Crippen LogP contribution in [0, 0.1) is 0 Å². The van der Waals surface area contributed by atoms with E-state index in [0.29, 0.717) is 0 Å². The van der Waals surface area contributed by atoms with Crippen LogP contribution in [0.15, 0.2) is 54.4 Å². The minimum atomic E-state index is 0.862. The summed E-state index contributed by atoms with van der Waals surface area (Å²) in [7, 11) is 0. The molecule has 0 spiro atoms. The molecule has 1 aliphatic rings. The second-order valence-electron chi connectivity index (χ2n) is 6.32. The lowest BCUT2D eigenvalue weighted by Gasteiger charge is -2.35. The van der Waals surface area contributed by atoms with Gasteiger partial charge in [0, 0.05) is 44.1 Å². The smallest absolute Gasteiger partial charge is 0.151 e. The second-order valence-corrected chi connectivity index (χ2v) is 7.24. The van der Waals surface area contributed by atoms with Gasteiger partial charge in [-0.2, -0.15) is 0 Å². The maximum absolute atomic E-state index is 4.52. The van der Waals surface area contributed by atoms with Crippen LogP contribution in [0.1, 0.15) is 0 Å². The van der Waals surface area contributed by atoms with Gasteiger partial charge in [0.2, 0.25) is 0 Å². The van der Waals surface area contributed by atoms with E-state index in [1.807, 2.05) is 30.3 Å². The molecular formula is C19H17N7S. The van der Waals surface area contributed by atoms with Crippen molar-refractivity contribution in [2.45, 2.75) is 0 Å². The first-order chi connectivity index (χ1) is 13.4. The molecule has 0 aliphatic carbocycles. The van der Waals surface area contributed by atoms with Gasteiger partial charge in [0.05, 0.1) is 15.9 Å². The third kappa shape index (κ3) is 3.08. The first-order valence-electron chi connectivity index (χ1n) is 8.81. The van der Waals surface area contributed by atoms with Crippen LogP contribution in [0.2, 0.25) is 0 Å². The average Bonchev–Trinajstić information content (AvgIpc) is 3.24. The second kappa shape index (κ2) is 6.88. The first kappa shape index (κ1) is 16.1. The van der Waals surface area contributed by atoms with E-state index in [4.69, 9.17) is 0 Å². The molecule has 0 unspecified atom stereocenters. The van der Waals surface area contributed by atoms with Gasteiger partial charge in [0.1, 0.15) is 12.1 Å². The van der Waals surface area contributed by atoms with Crippen LogP contribution in [-0.4, -0.2) is 51.3 Å². The summed E-state index contributed by atoms with van der Waals surface area (Å²) in [4.78, 5) is 17.5. The molecule has 1 aliphatic heterocycles. The Balaban J connectivity index is 1.30. The van der Waals surface area contributed by atoms with Crippen molar-refractivity contribution in [2.75, 3.05) is 36.0 Å². The molecule has 0 N–H and O–H groups in total. The molecule has 0 atom stereocenters. The zero-order valence-corrected chi connectivity index (χ0v) is 15.4. The summed E-state index contributed by atoms with van der Waals surface area (Å²) >= 11 is 1.70. The lowest BCUT2D eigenvalue weighted by atomic mass is 10.2. The van der Waals surface area contributed by atoms with E-state index in [-0.39, 0.29) is 0 Å². The molecule has 0 bridgehead atoms. The molecule has 4 aromatic heterocycles. The van der Waals surface area contributed by atoms with Gasteiger partial charge in [-0.1, -0.05) is 0 Å². The SMILES string of the molecule is c1cc(-c2ccc(N3CCN(c4ncnc5ccsc45)CC3)nn2)ccn1. The van der Waals surface area contributed by atoms with Gasteiger partial charge < -0.3 is 9.80 Å². The van der Waals surface area contributed by atoms with Crippen molar-refractivity contribution in [1.29, 1.82) is 0 Å². The number of aromatic nitrogens is 5. The number of pyridine rings is 1. The van der Waals surface area contributed by atoms with Gasteiger partial charge in [-0.25, -0.2) is 9.97 Å². The number of thiophene rings is 1. The van der Waals surface area contributed by atoms with E-state index >= 15 is 0 Å². The lowest BCUT2D eigenvalue weighted by molar-refractivity contribution is 0.640. The summed E-state index contributed by atoms with van der Waals surface area (Å²) in [5.41, 5.74) is 2.91. The van der Waals surface area contributed by atoms with E-state index in [1.165, 1.54) is 0 Å². The fourth-order valence-corrected chi connectivity index (χ4v) is 4.18. The Labute approximate surface area is 160 Å². The Hall–Kier alpha value is -3.13. The van der Waals surface area contributed by atoms with Crippen molar-refractivity contribution in [3.8, 4) is 11.3 Å². The highest BCUT2D eigenvalue weighted by molar-refractivity contribution is 7.17. The van der Waals surface area contributed by atoms with Crippen molar-refractivity contribution in [2.24, 2.45) is 0 Å². The summed E-state index contributed by atoms with van der Waals surface area (Å²) in [5, 5.41) is 10.9. The van der Waals surface area contributed by atoms with Crippen LogP contribution in [0.25, 0.3) is 21.5 Å². The maximum Gasteiger partial charge on any atom is 0.151 e. The molecule has 1 saturated heterocycles. The predicted octanol–water partition coefficient (Wildman–Crippen LogP) is 2.87. The Morgan fingerprint density at radius 3 is 2.41 bits per heavy atom. The molecule has 134 valence electrons. The maximum atomic E-state index is 4.52. The Morgan fingerprint density at radius 2 is 1.63 bits per heavy atom. The predicted molar refractivity (Wildman–Crippen MR) is 107 cm³/mol. The summed E-state index contributed by atoms with van der Waals surface area (Å²) in [5.74, 6) is 1.95. The minimum Gasteiger partial charge on any atom is -0.352 e. The number of hydrogen-bond acceptors (Lipinski definition) is 8. The quantitative estimate of drug-likeness (QED) is 0.545. The van der Waals surface area contributed by atoms with Crippen LogP contribution in [0.5, 0.6) is 0 Å². The van der Waals surface area contributed by atoms with Gasteiger partial charge in [-0.05, 0) is 35.7 Å². The van der Waals surface area contributed by atoms with E-state index in [2.05, 4.69) is 40.3 Å². The van der Waals surface area contributed by atoms with Crippen molar-refractivity contribution < 1.29 is 0 Å². The van der Waals surface area contributed by atoms with Gasteiger partial charge in [0.25, 0.3) is 0 Å². The largest absolute Gasteiger partial charge is 0.352 e. The van der Waals surface area contributed by atoms with Crippen molar-refractivity contribution in [3.05, 3.63) is 54.4 Å². The number of nitrogens with zero attached hydrogens (tertiary/aromatic N) is 7. The highest BCUT2D eigenvalue weighted by atomic mass is 32.1.